The van der Waals surface area contributed by atoms with Crippen LogP contribution in [0.3, 0.4) is 0 Å². The highest BCUT2D eigenvalue weighted by molar-refractivity contribution is 6.91. The molecule has 2 atom stereocenters. The molecule has 16 heavy (non-hydrogen) atoms. The van der Waals surface area contributed by atoms with Gasteiger partial charge in [0.25, 0.3) is 0 Å². The summed E-state index contributed by atoms with van der Waals surface area (Å²) in [5, 5.41) is 1.40. The standard InChI is InChI=1S/C15H22Si/c1-13-8-7-11-15(12-13)16(2,3)14-9-5-4-6-10-14/h4-7,9-11,13,15H,8,12H2,1-3H3/t13-,15-/m0/s1/i15D. The lowest BCUT2D eigenvalue weighted by Crippen LogP contribution is -2.46. The Morgan fingerprint density at radius 2 is 1.94 bits per heavy atom. The fourth-order valence-electron chi connectivity index (χ4n) is 2.47. The molecule has 1 aromatic rings. The normalized spacial score (nSPS) is 31.2. The van der Waals surface area contributed by atoms with E-state index in [1.165, 1.54) is 5.19 Å². The third kappa shape index (κ3) is 2.30. The second-order valence-corrected chi connectivity index (χ2v) is 9.93. The van der Waals surface area contributed by atoms with E-state index < -0.39 is 8.07 Å². The molecule has 0 aliphatic heterocycles. The van der Waals surface area contributed by atoms with E-state index in [9.17, 15) is 0 Å². The second-order valence-electron chi connectivity index (χ2n) is 5.46. The summed E-state index contributed by atoms with van der Waals surface area (Å²) >= 11 is 0. The number of rotatable bonds is 2. The highest BCUT2D eigenvalue weighted by atomic mass is 28.3. The van der Waals surface area contributed by atoms with E-state index in [4.69, 9.17) is 1.37 Å². The Morgan fingerprint density at radius 3 is 2.56 bits per heavy atom. The Bertz CT molecular complexity index is 410. The van der Waals surface area contributed by atoms with E-state index >= 15 is 0 Å². The molecule has 1 heteroatoms. The Kier molecular flexibility index (Phi) is 2.96. The van der Waals surface area contributed by atoms with Crippen molar-refractivity contribution in [1.29, 1.82) is 0 Å². The van der Waals surface area contributed by atoms with E-state index in [2.05, 4.69) is 62.5 Å². The van der Waals surface area contributed by atoms with Crippen molar-refractivity contribution in [3.8, 4) is 0 Å². The quantitative estimate of drug-likeness (QED) is 0.534. The summed E-state index contributed by atoms with van der Waals surface area (Å²) < 4.78 is 8.87. The first-order valence-corrected chi connectivity index (χ1v) is 9.19. The molecule has 0 amide bonds. The molecule has 1 aromatic carbocycles. The van der Waals surface area contributed by atoms with Crippen molar-refractivity contribution in [2.75, 3.05) is 0 Å². The van der Waals surface area contributed by atoms with Crippen molar-refractivity contribution in [3.63, 3.8) is 0 Å². The van der Waals surface area contributed by atoms with Crippen molar-refractivity contribution in [2.45, 2.75) is 38.4 Å². The van der Waals surface area contributed by atoms with Crippen LogP contribution >= 0.6 is 0 Å². The first-order chi connectivity index (χ1) is 7.96. The number of allylic oxidation sites excluding steroid dienone is 2. The average molecular weight is 231 g/mol. The lowest BCUT2D eigenvalue weighted by atomic mass is 9.96. The SMILES string of the molecule is [2H][C@]1([Si](C)(C)c2ccccc2)C=CC[C@H](C)C1. The van der Waals surface area contributed by atoms with E-state index in [0.29, 0.717) is 5.92 Å². The van der Waals surface area contributed by atoms with Crippen molar-refractivity contribution in [3.05, 3.63) is 42.5 Å². The minimum Gasteiger partial charge on any atom is -0.0883 e. The van der Waals surface area contributed by atoms with Gasteiger partial charge >= 0.3 is 0 Å². The highest BCUT2D eigenvalue weighted by Crippen LogP contribution is 2.35. The molecule has 0 nitrogen and oxygen atoms in total. The maximum Gasteiger partial charge on any atom is 0.0873 e. The third-order valence-electron chi connectivity index (χ3n) is 3.72. The molecule has 0 bridgehead atoms. The van der Waals surface area contributed by atoms with Crippen molar-refractivity contribution < 1.29 is 1.37 Å². The number of hydrogen-bond donors (Lipinski definition) is 0. The molecule has 0 saturated carbocycles. The van der Waals surface area contributed by atoms with Gasteiger partial charge in [-0.1, -0.05) is 67.7 Å². The van der Waals surface area contributed by atoms with Crippen LogP contribution in [-0.4, -0.2) is 8.07 Å². The molecule has 0 aromatic heterocycles. The van der Waals surface area contributed by atoms with Gasteiger partial charge in [0.1, 0.15) is 0 Å². The molecule has 2 rings (SSSR count). The molecule has 0 heterocycles. The van der Waals surface area contributed by atoms with Crippen LogP contribution in [-0.2, 0) is 0 Å². The molecule has 1 aliphatic rings. The van der Waals surface area contributed by atoms with Gasteiger partial charge < -0.3 is 0 Å². The van der Waals surface area contributed by atoms with Crippen LogP contribution in [0, 0.1) is 5.92 Å². The largest absolute Gasteiger partial charge is 0.0883 e. The smallest absolute Gasteiger partial charge is 0.0873 e. The van der Waals surface area contributed by atoms with Gasteiger partial charge in [0.05, 0.1) is 8.07 Å². The minimum atomic E-state index is -1.76. The first-order valence-electron chi connectivity index (χ1n) is 6.69. The third-order valence-corrected chi connectivity index (χ3v) is 7.48. The van der Waals surface area contributed by atoms with Gasteiger partial charge in [-0.05, 0) is 24.3 Å². The number of hydrogen-bond acceptors (Lipinski definition) is 0. The molecule has 0 N–H and O–H groups in total. The van der Waals surface area contributed by atoms with Crippen molar-refractivity contribution >= 4 is 13.3 Å². The first kappa shape index (κ1) is 10.3. The zero-order valence-electron chi connectivity index (χ0n) is 11.5. The van der Waals surface area contributed by atoms with E-state index in [1.54, 1.807) is 0 Å². The minimum absolute atomic E-state index is 0.341. The fourth-order valence-corrected chi connectivity index (χ4v) is 5.26. The van der Waals surface area contributed by atoms with Crippen molar-refractivity contribution in [2.24, 2.45) is 5.92 Å². The summed E-state index contributed by atoms with van der Waals surface area (Å²) in [5.41, 5.74) is -0.341. The van der Waals surface area contributed by atoms with Gasteiger partial charge in [0.15, 0.2) is 0 Å². The van der Waals surface area contributed by atoms with Gasteiger partial charge in [-0.2, -0.15) is 0 Å². The molecule has 0 fully saturated rings. The summed E-state index contributed by atoms with van der Waals surface area (Å²) in [6.45, 7) is 6.93. The summed E-state index contributed by atoms with van der Waals surface area (Å²) in [7, 11) is -1.76. The van der Waals surface area contributed by atoms with E-state index in [1.807, 2.05) is 0 Å². The molecular weight excluding hydrogens is 208 g/mol. The summed E-state index contributed by atoms with van der Waals surface area (Å²) in [4.78, 5) is 0. The van der Waals surface area contributed by atoms with Crippen LogP contribution in [0.15, 0.2) is 42.5 Å². The predicted molar refractivity (Wildman–Crippen MR) is 74.8 cm³/mol. The molecule has 0 saturated heterocycles. The fraction of sp³-hybridized carbons (Fsp3) is 0.467. The van der Waals surface area contributed by atoms with Crippen LogP contribution in [0.25, 0.3) is 0 Å². The summed E-state index contributed by atoms with van der Waals surface area (Å²) in [6.07, 6.45) is 6.54. The van der Waals surface area contributed by atoms with Crippen LogP contribution in [0.4, 0.5) is 0 Å². The predicted octanol–water partition coefficient (Wildman–Crippen LogP) is 3.96. The molecule has 1 aliphatic carbocycles. The lowest BCUT2D eigenvalue weighted by molar-refractivity contribution is 0.521. The topological polar surface area (TPSA) is 0 Å². The second kappa shape index (κ2) is 4.58. The van der Waals surface area contributed by atoms with Crippen LogP contribution < -0.4 is 5.19 Å². The Labute approximate surface area is 102 Å². The summed E-state index contributed by atoms with van der Waals surface area (Å²) in [6, 6.07) is 10.7. The number of benzene rings is 1. The Balaban J connectivity index is 2.38. The van der Waals surface area contributed by atoms with Crippen molar-refractivity contribution in [1.82, 2.24) is 0 Å². The van der Waals surface area contributed by atoms with Gasteiger partial charge in [-0.3, -0.25) is 0 Å². The maximum atomic E-state index is 8.87. The van der Waals surface area contributed by atoms with Gasteiger partial charge in [-0.25, -0.2) is 0 Å². The van der Waals surface area contributed by atoms with Gasteiger partial charge in [0, 0.05) is 1.37 Å². The molecule has 0 spiro atoms. The monoisotopic (exact) mass is 231 g/mol. The Hall–Kier alpha value is -0.823. The highest BCUT2D eigenvalue weighted by Gasteiger charge is 2.33. The van der Waals surface area contributed by atoms with E-state index in [0.717, 1.165) is 12.8 Å². The molecule has 0 unspecified atom stereocenters. The molecule has 0 radical (unpaired) electrons. The average Bonchev–Trinajstić information content (AvgIpc) is 2.29. The Morgan fingerprint density at radius 1 is 1.25 bits per heavy atom. The van der Waals surface area contributed by atoms with E-state index in [-0.39, 0.29) is 5.52 Å². The maximum absolute atomic E-state index is 8.87. The van der Waals surface area contributed by atoms with Gasteiger partial charge in [-0.15, -0.1) is 0 Å². The van der Waals surface area contributed by atoms with Crippen LogP contribution in [0.1, 0.15) is 21.1 Å². The van der Waals surface area contributed by atoms with Crippen LogP contribution in [0.2, 0.25) is 18.6 Å². The van der Waals surface area contributed by atoms with Crippen LogP contribution in [0.5, 0.6) is 0 Å². The molecular formula is C15H22Si. The lowest BCUT2D eigenvalue weighted by Gasteiger charge is -2.35. The van der Waals surface area contributed by atoms with Gasteiger partial charge in [0.2, 0.25) is 0 Å². The zero-order valence-corrected chi connectivity index (χ0v) is 11.5. The zero-order chi connectivity index (χ0) is 12.5. The summed E-state index contributed by atoms with van der Waals surface area (Å²) in [5.74, 6) is 0.646. The molecule has 86 valence electrons.